The normalized spacial score (nSPS) is 11.5. The van der Waals surface area contributed by atoms with Gasteiger partial charge in [-0.15, -0.1) is 0 Å². The molecule has 0 saturated heterocycles. The van der Waals surface area contributed by atoms with Crippen molar-refractivity contribution in [3.05, 3.63) is 70.3 Å². The van der Waals surface area contributed by atoms with Gasteiger partial charge in [0.2, 0.25) is 0 Å². The molecule has 0 radical (unpaired) electrons. The van der Waals surface area contributed by atoms with Gasteiger partial charge in [0, 0.05) is 29.6 Å². The second-order valence-corrected chi connectivity index (χ2v) is 7.56. The van der Waals surface area contributed by atoms with Crippen LogP contribution < -0.4 is 15.4 Å². The summed E-state index contributed by atoms with van der Waals surface area (Å²) < 4.78 is 7.50. The van der Waals surface area contributed by atoms with Crippen molar-refractivity contribution < 1.29 is 4.74 Å². The maximum Gasteiger partial charge on any atom is 0.191 e. The number of pyridine rings is 1. The fourth-order valence-corrected chi connectivity index (χ4v) is 3.65. The first-order valence-electron chi connectivity index (χ1n) is 10.6. The molecule has 3 aromatic rings. The summed E-state index contributed by atoms with van der Waals surface area (Å²) in [5.74, 6) is 1.62. The fraction of sp³-hybridized carbons (Fsp3) is 0.375. The van der Waals surface area contributed by atoms with Gasteiger partial charge in [-0.1, -0.05) is 18.2 Å². The molecule has 0 aliphatic carbocycles. The largest absolute Gasteiger partial charge is 0.496 e. The number of aliphatic imine (C=N–C) groups is 1. The summed E-state index contributed by atoms with van der Waals surface area (Å²) in [6, 6.07) is 10.3. The minimum atomic E-state index is 0.535. The molecular weight excluding hydrogens is 388 g/mol. The summed E-state index contributed by atoms with van der Waals surface area (Å²) in [7, 11) is 1.69. The van der Waals surface area contributed by atoms with Crippen LogP contribution in [0.5, 0.6) is 5.75 Å². The van der Waals surface area contributed by atoms with Gasteiger partial charge in [-0.25, -0.2) is 9.67 Å². The van der Waals surface area contributed by atoms with Crippen molar-refractivity contribution in [3.63, 3.8) is 0 Å². The van der Waals surface area contributed by atoms with Crippen molar-refractivity contribution >= 4 is 5.96 Å². The lowest BCUT2D eigenvalue weighted by Gasteiger charge is -2.15. The van der Waals surface area contributed by atoms with E-state index in [2.05, 4.69) is 52.8 Å². The molecule has 0 unspecified atom stereocenters. The van der Waals surface area contributed by atoms with Crippen LogP contribution >= 0.6 is 0 Å². The number of aryl methyl sites for hydroxylation is 3. The van der Waals surface area contributed by atoms with E-state index in [4.69, 9.17) is 9.73 Å². The average molecular weight is 421 g/mol. The molecule has 7 heteroatoms. The lowest BCUT2D eigenvalue weighted by molar-refractivity contribution is 0.406. The molecule has 3 rings (SSSR count). The molecule has 0 amide bonds. The minimum absolute atomic E-state index is 0.535. The van der Waals surface area contributed by atoms with Gasteiger partial charge in [0.1, 0.15) is 5.75 Å². The summed E-state index contributed by atoms with van der Waals surface area (Å²) in [5.41, 5.74) is 7.28. The highest BCUT2D eigenvalue weighted by atomic mass is 16.5. The monoisotopic (exact) mass is 420 g/mol. The van der Waals surface area contributed by atoms with Gasteiger partial charge in [0.05, 0.1) is 37.3 Å². The summed E-state index contributed by atoms with van der Waals surface area (Å²) in [6.07, 6.45) is 1.84. The number of hydrogen-bond acceptors (Lipinski definition) is 4. The van der Waals surface area contributed by atoms with Gasteiger partial charge in [0.25, 0.3) is 0 Å². The van der Waals surface area contributed by atoms with E-state index in [1.54, 1.807) is 7.11 Å². The Hall–Kier alpha value is -3.35. The minimum Gasteiger partial charge on any atom is -0.496 e. The first-order chi connectivity index (χ1) is 14.9. The number of aromatic nitrogens is 3. The first-order valence-corrected chi connectivity index (χ1v) is 10.6. The Morgan fingerprint density at radius 1 is 1.13 bits per heavy atom. The van der Waals surface area contributed by atoms with E-state index in [1.165, 1.54) is 0 Å². The van der Waals surface area contributed by atoms with E-state index < -0.39 is 0 Å². The number of para-hydroxylation sites is 1. The van der Waals surface area contributed by atoms with E-state index in [-0.39, 0.29) is 0 Å². The molecule has 0 spiro atoms. The average Bonchev–Trinajstić information content (AvgIpc) is 3.09. The second-order valence-electron chi connectivity index (χ2n) is 7.56. The molecule has 0 saturated carbocycles. The Bertz CT molecular complexity index is 1070. The molecule has 2 N–H and O–H groups in total. The van der Waals surface area contributed by atoms with Crippen LogP contribution in [-0.2, 0) is 13.1 Å². The highest BCUT2D eigenvalue weighted by Gasteiger charge is 2.11. The third-order valence-electron chi connectivity index (χ3n) is 5.15. The van der Waals surface area contributed by atoms with E-state index >= 15 is 0 Å². The van der Waals surface area contributed by atoms with Crippen LogP contribution in [0, 0.1) is 27.7 Å². The molecule has 164 valence electrons. The molecule has 0 atom stereocenters. The number of nitrogens with zero attached hydrogens (tertiary/aromatic N) is 4. The summed E-state index contributed by atoms with van der Waals surface area (Å²) in [5, 5.41) is 11.3. The molecule has 2 heterocycles. The molecule has 31 heavy (non-hydrogen) atoms. The molecule has 0 fully saturated rings. The zero-order chi connectivity index (χ0) is 22.4. The molecule has 1 aromatic carbocycles. The molecular formula is C24H32N6O. The van der Waals surface area contributed by atoms with Gasteiger partial charge >= 0.3 is 0 Å². The summed E-state index contributed by atoms with van der Waals surface area (Å²) in [4.78, 5) is 9.37. The van der Waals surface area contributed by atoms with Crippen molar-refractivity contribution in [2.75, 3.05) is 13.7 Å². The van der Waals surface area contributed by atoms with Crippen molar-refractivity contribution in [2.24, 2.45) is 4.99 Å². The maximum atomic E-state index is 5.52. The smallest absolute Gasteiger partial charge is 0.191 e. The highest BCUT2D eigenvalue weighted by Crippen LogP contribution is 2.23. The SMILES string of the molecule is CCNC(=NCc1ccccc1-n1nc(C)cc1C)NCc1ncc(C)c(OC)c1C. The summed E-state index contributed by atoms with van der Waals surface area (Å²) in [6.45, 7) is 12.0. The van der Waals surface area contributed by atoms with Gasteiger partial charge in [-0.3, -0.25) is 4.98 Å². The number of ether oxygens (including phenoxy) is 1. The fourth-order valence-electron chi connectivity index (χ4n) is 3.65. The zero-order valence-corrected chi connectivity index (χ0v) is 19.3. The van der Waals surface area contributed by atoms with Crippen LogP contribution in [0.4, 0.5) is 0 Å². The lowest BCUT2D eigenvalue weighted by atomic mass is 10.1. The maximum absolute atomic E-state index is 5.52. The number of rotatable bonds is 7. The first kappa shape index (κ1) is 22.3. The van der Waals surface area contributed by atoms with Crippen LogP contribution in [0.25, 0.3) is 5.69 Å². The van der Waals surface area contributed by atoms with Crippen molar-refractivity contribution in [2.45, 2.75) is 47.7 Å². The van der Waals surface area contributed by atoms with Crippen LogP contribution in [0.2, 0.25) is 0 Å². The van der Waals surface area contributed by atoms with Crippen molar-refractivity contribution in [1.82, 2.24) is 25.4 Å². The number of hydrogen-bond donors (Lipinski definition) is 2. The van der Waals surface area contributed by atoms with E-state index in [1.807, 2.05) is 43.8 Å². The van der Waals surface area contributed by atoms with Gasteiger partial charge in [-0.2, -0.15) is 5.10 Å². The van der Waals surface area contributed by atoms with Crippen LogP contribution in [0.1, 0.15) is 40.7 Å². The quantitative estimate of drug-likeness (QED) is 0.450. The van der Waals surface area contributed by atoms with E-state index in [0.717, 1.165) is 57.7 Å². The molecule has 2 aromatic heterocycles. The lowest BCUT2D eigenvalue weighted by Crippen LogP contribution is -2.37. The van der Waals surface area contributed by atoms with Gasteiger partial charge in [-0.05, 0) is 52.3 Å². The second kappa shape index (κ2) is 10.1. The van der Waals surface area contributed by atoms with Gasteiger partial charge in [0.15, 0.2) is 5.96 Å². The number of benzene rings is 1. The molecule has 7 nitrogen and oxygen atoms in total. The topological polar surface area (TPSA) is 76.4 Å². The Kier molecular flexibility index (Phi) is 7.28. The molecule has 0 bridgehead atoms. The summed E-state index contributed by atoms with van der Waals surface area (Å²) >= 11 is 0. The van der Waals surface area contributed by atoms with E-state index in [0.29, 0.717) is 13.1 Å². The number of methoxy groups -OCH3 is 1. The van der Waals surface area contributed by atoms with Gasteiger partial charge < -0.3 is 15.4 Å². The van der Waals surface area contributed by atoms with Crippen LogP contribution in [-0.4, -0.2) is 34.4 Å². The highest BCUT2D eigenvalue weighted by molar-refractivity contribution is 5.79. The predicted octanol–water partition coefficient (Wildman–Crippen LogP) is 3.76. The molecule has 0 aliphatic rings. The van der Waals surface area contributed by atoms with E-state index in [9.17, 15) is 0 Å². The Balaban J connectivity index is 1.79. The number of nitrogens with one attached hydrogen (secondary N) is 2. The predicted molar refractivity (Wildman–Crippen MR) is 125 cm³/mol. The third-order valence-corrected chi connectivity index (χ3v) is 5.15. The number of guanidine groups is 1. The Morgan fingerprint density at radius 3 is 2.58 bits per heavy atom. The zero-order valence-electron chi connectivity index (χ0n) is 19.3. The van der Waals surface area contributed by atoms with Crippen LogP contribution in [0.15, 0.2) is 41.5 Å². The molecule has 0 aliphatic heterocycles. The van der Waals surface area contributed by atoms with Crippen molar-refractivity contribution in [1.29, 1.82) is 0 Å². The Labute approximate surface area is 184 Å². The van der Waals surface area contributed by atoms with Crippen LogP contribution in [0.3, 0.4) is 0 Å². The standard InChI is InChI=1S/C24H32N6O/c1-7-25-24(28-15-21-19(5)23(31-6)16(2)13-26-21)27-14-20-10-8-9-11-22(20)30-18(4)12-17(3)29-30/h8-13H,7,14-15H2,1-6H3,(H2,25,27,28). The Morgan fingerprint density at radius 2 is 1.90 bits per heavy atom. The third kappa shape index (κ3) is 5.23. The van der Waals surface area contributed by atoms with Crippen molar-refractivity contribution in [3.8, 4) is 11.4 Å².